The minimum absolute atomic E-state index is 0.101. The molecule has 3 heterocycles. The minimum atomic E-state index is -0.101. The lowest BCUT2D eigenvalue weighted by molar-refractivity contribution is -0.110. The van der Waals surface area contributed by atoms with Gasteiger partial charge in [-0.3, -0.25) is 4.79 Å². The topological polar surface area (TPSA) is 51.2 Å². The number of anilines is 1. The number of benzene rings is 1. The summed E-state index contributed by atoms with van der Waals surface area (Å²) < 4.78 is 5.49. The summed E-state index contributed by atoms with van der Waals surface area (Å²) >= 11 is 0. The van der Waals surface area contributed by atoms with Crippen molar-refractivity contribution in [1.29, 1.82) is 0 Å². The summed E-state index contributed by atoms with van der Waals surface area (Å²) in [7, 11) is 0. The van der Waals surface area contributed by atoms with Crippen molar-refractivity contribution in [2.75, 3.05) is 11.9 Å². The molecule has 0 atom stereocenters. The van der Waals surface area contributed by atoms with Gasteiger partial charge in [0.2, 0.25) is 0 Å². The van der Waals surface area contributed by atoms with Crippen LogP contribution in [0.3, 0.4) is 0 Å². The van der Waals surface area contributed by atoms with Crippen molar-refractivity contribution in [2.24, 2.45) is 0 Å². The Morgan fingerprint density at radius 3 is 3.20 bits per heavy atom. The molecule has 1 amide bonds. The van der Waals surface area contributed by atoms with Crippen molar-refractivity contribution in [3.8, 4) is 5.75 Å². The molecule has 0 unspecified atom stereocenters. The summed E-state index contributed by atoms with van der Waals surface area (Å²) in [5.41, 5.74) is 3.72. The fraction of sp³-hybridized carbons (Fsp3) is 0.125. The third-order valence-corrected chi connectivity index (χ3v) is 3.60. The Morgan fingerprint density at radius 1 is 1.30 bits per heavy atom. The maximum Gasteiger partial charge on any atom is 0.257 e. The number of carbonyl (C=O) groups is 1. The Balaban J connectivity index is 1.79. The molecule has 4 nitrogen and oxygen atoms in total. The molecular weight excluding hydrogens is 252 g/mol. The second-order valence-corrected chi connectivity index (χ2v) is 4.88. The van der Waals surface area contributed by atoms with Gasteiger partial charge in [-0.15, -0.1) is 0 Å². The average molecular weight is 264 g/mol. The molecule has 98 valence electrons. The van der Waals surface area contributed by atoms with Crippen molar-refractivity contribution in [1.82, 2.24) is 4.98 Å². The zero-order chi connectivity index (χ0) is 13.5. The minimum Gasteiger partial charge on any atom is -0.493 e. The largest absolute Gasteiger partial charge is 0.493 e. The molecule has 1 aromatic carbocycles. The first-order chi connectivity index (χ1) is 9.81. The number of hydrogen-bond acceptors (Lipinski definition) is 3. The summed E-state index contributed by atoms with van der Waals surface area (Å²) in [6.45, 7) is 0.739. The maximum atomic E-state index is 12.0. The van der Waals surface area contributed by atoms with Gasteiger partial charge in [0, 0.05) is 18.2 Å². The second-order valence-electron chi connectivity index (χ2n) is 4.88. The molecule has 0 saturated carbocycles. The highest BCUT2D eigenvalue weighted by Crippen LogP contribution is 2.32. The highest BCUT2D eigenvalue weighted by Gasteiger charge is 2.24. The Bertz CT molecular complexity index is 750. The van der Waals surface area contributed by atoms with Crippen LogP contribution in [0.15, 0.2) is 36.5 Å². The van der Waals surface area contributed by atoms with Crippen LogP contribution in [0.1, 0.15) is 16.7 Å². The Hall–Kier alpha value is -2.62. The molecule has 1 aromatic heterocycles. The van der Waals surface area contributed by atoms with Crippen molar-refractivity contribution in [3.05, 3.63) is 53.2 Å². The van der Waals surface area contributed by atoms with E-state index in [9.17, 15) is 4.79 Å². The van der Waals surface area contributed by atoms with E-state index in [0.29, 0.717) is 11.4 Å². The number of amides is 1. The number of hydrogen-bond donors (Lipinski definition) is 1. The normalized spacial score (nSPS) is 17.6. The Kier molecular flexibility index (Phi) is 2.36. The van der Waals surface area contributed by atoms with Gasteiger partial charge in [-0.1, -0.05) is 6.07 Å². The van der Waals surface area contributed by atoms with Crippen LogP contribution < -0.4 is 10.1 Å². The van der Waals surface area contributed by atoms with E-state index in [2.05, 4.69) is 16.4 Å². The summed E-state index contributed by atoms with van der Waals surface area (Å²) in [5, 5.41) is 2.78. The molecule has 0 spiro atoms. The van der Waals surface area contributed by atoms with E-state index >= 15 is 0 Å². The van der Waals surface area contributed by atoms with E-state index in [1.165, 1.54) is 5.56 Å². The molecule has 0 fully saturated rings. The van der Waals surface area contributed by atoms with Gasteiger partial charge in [0.15, 0.2) is 0 Å². The van der Waals surface area contributed by atoms with E-state index in [0.717, 1.165) is 29.9 Å². The first-order valence-corrected chi connectivity index (χ1v) is 6.55. The lowest BCUT2D eigenvalue weighted by Gasteiger charge is -2.01. The van der Waals surface area contributed by atoms with Crippen LogP contribution in [-0.4, -0.2) is 17.5 Å². The first kappa shape index (κ1) is 11.2. The number of nitrogens with zero attached hydrogens (tertiary/aromatic N) is 1. The van der Waals surface area contributed by atoms with Gasteiger partial charge in [0.05, 0.1) is 12.2 Å². The molecule has 2 aliphatic rings. The molecular formula is C16H12N2O2. The standard InChI is InChI=1S/C16H12N2O2/c19-16-13(12-2-1-6-17-15(12)18-16)9-10-3-4-14-11(8-10)5-7-20-14/h1-4,6,8-9H,5,7H2,(H,17,18,19). The maximum absolute atomic E-state index is 12.0. The van der Waals surface area contributed by atoms with Gasteiger partial charge < -0.3 is 10.1 Å². The molecule has 0 saturated heterocycles. The van der Waals surface area contributed by atoms with Gasteiger partial charge in [0.25, 0.3) is 5.91 Å². The summed E-state index contributed by atoms with van der Waals surface area (Å²) in [6.07, 6.45) is 4.51. The number of rotatable bonds is 1. The van der Waals surface area contributed by atoms with Gasteiger partial charge in [-0.05, 0) is 41.5 Å². The smallest absolute Gasteiger partial charge is 0.257 e. The van der Waals surface area contributed by atoms with E-state index in [-0.39, 0.29) is 5.91 Å². The van der Waals surface area contributed by atoms with E-state index in [4.69, 9.17) is 4.74 Å². The quantitative estimate of drug-likeness (QED) is 0.805. The Morgan fingerprint density at radius 2 is 2.25 bits per heavy atom. The van der Waals surface area contributed by atoms with Crippen LogP contribution in [-0.2, 0) is 11.2 Å². The zero-order valence-corrected chi connectivity index (χ0v) is 10.7. The van der Waals surface area contributed by atoms with Crippen LogP contribution in [0.2, 0.25) is 0 Å². The monoisotopic (exact) mass is 264 g/mol. The van der Waals surface area contributed by atoms with Crippen molar-refractivity contribution in [3.63, 3.8) is 0 Å². The molecule has 20 heavy (non-hydrogen) atoms. The van der Waals surface area contributed by atoms with Crippen molar-refractivity contribution in [2.45, 2.75) is 6.42 Å². The molecule has 1 N–H and O–H groups in total. The predicted molar refractivity (Wildman–Crippen MR) is 76.4 cm³/mol. The van der Waals surface area contributed by atoms with E-state index in [1.54, 1.807) is 6.20 Å². The fourth-order valence-electron chi connectivity index (χ4n) is 2.63. The average Bonchev–Trinajstić information content (AvgIpc) is 3.04. The van der Waals surface area contributed by atoms with E-state index < -0.39 is 0 Å². The number of pyridine rings is 1. The number of nitrogens with one attached hydrogen (secondary N) is 1. The first-order valence-electron chi connectivity index (χ1n) is 6.55. The zero-order valence-electron chi connectivity index (χ0n) is 10.7. The third kappa shape index (κ3) is 1.69. The fourth-order valence-corrected chi connectivity index (χ4v) is 2.63. The van der Waals surface area contributed by atoms with Crippen LogP contribution in [0.5, 0.6) is 5.75 Å². The van der Waals surface area contributed by atoms with Crippen LogP contribution in [0.25, 0.3) is 11.6 Å². The molecule has 4 heteroatoms. The molecule has 2 aromatic rings. The lowest BCUT2D eigenvalue weighted by atomic mass is 10.0. The molecule has 0 radical (unpaired) electrons. The Labute approximate surface area is 116 Å². The number of ether oxygens (including phenoxy) is 1. The van der Waals surface area contributed by atoms with Crippen molar-refractivity contribution < 1.29 is 9.53 Å². The van der Waals surface area contributed by atoms with Crippen molar-refractivity contribution >= 4 is 23.4 Å². The highest BCUT2D eigenvalue weighted by atomic mass is 16.5. The van der Waals surface area contributed by atoms with Gasteiger partial charge >= 0.3 is 0 Å². The number of fused-ring (bicyclic) bond motifs is 2. The predicted octanol–water partition coefficient (Wildman–Crippen LogP) is 2.51. The van der Waals surface area contributed by atoms with Gasteiger partial charge in [-0.25, -0.2) is 4.98 Å². The second kappa shape index (κ2) is 4.20. The van der Waals surface area contributed by atoms with E-state index in [1.807, 2.05) is 30.3 Å². The third-order valence-electron chi connectivity index (χ3n) is 3.60. The number of carbonyl (C=O) groups excluding carboxylic acids is 1. The summed E-state index contributed by atoms with van der Waals surface area (Å²) in [4.78, 5) is 16.2. The van der Waals surface area contributed by atoms with Crippen LogP contribution in [0, 0.1) is 0 Å². The van der Waals surface area contributed by atoms with Crippen LogP contribution in [0.4, 0.5) is 5.82 Å². The van der Waals surface area contributed by atoms with Crippen LogP contribution >= 0.6 is 0 Å². The van der Waals surface area contributed by atoms with Gasteiger partial charge in [-0.2, -0.15) is 0 Å². The lowest BCUT2D eigenvalue weighted by Crippen LogP contribution is -2.04. The summed E-state index contributed by atoms with van der Waals surface area (Å²) in [5.74, 6) is 1.48. The molecule has 4 rings (SSSR count). The summed E-state index contributed by atoms with van der Waals surface area (Å²) in [6, 6.07) is 9.76. The van der Waals surface area contributed by atoms with Gasteiger partial charge in [0.1, 0.15) is 11.6 Å². The molecule has 0 aliphatic carbocycles. The highest BCUT2D eigenvalue weighted by molar-refractivity contribution is 6.34. The molecule has 0 bridgehead atoms. The SMILES string of the molecule is O=C1Nc2ncccc2C1=Cc1ccc2c(c1)CCO2. The molecule has 2 aliphatic heterocycles. The number of aromatic nitrogens is 1.